The van der Waals surface area contributed by atoms with Crippen LogP contribution in [0.5, 0.6) is 0 Å². The Morgan fingerprint density at radius 1 is 1.11 bits per heavy atom. The molecule has 36 heavy (non-hydrogen) atoms. The van der Waals surface area contributed by atoms with Gasteiger partial charge >= 0.3 is 5.97 Å². The van der Waals surface area contributed by atoms with Crippen LogP contribution in [0.2, 0.25) is 0 Å². The average Bonchev–Trinajstić information content (AvgIpc) is 3.41. The highest BCUT2D eigenvalue weighted by molar-refractivity contribution is 7.10. The molecule has 2 heterocycles. The number of hydrogen-bond donors (Lipinski definition) is 1. The minimum Gasteiger partial charge on any atom is -0.449 e. The molecule has 0 spiro atoms. The van der Waals surface area contributed by atoms with Gasteiger partial charge in [0.15, 0.2) is 6.10 Å². The van der Waals surface area contributed by atoms with Crippen molar-refractivity contribution in [2.75, 3.05) is 5.32 Å². The molecular formula is C29H23N3O3S. The number of carbonyl (C=O) groups excluding carboxylic acids is 2. The van der Waals surface area contributed by atoms with Crippen LogP contribution < -0.4 is 5.32 Å². The standard InChI is InChI=1S/C29H23N3O3S/c1-18(28(33)32-24-13-4-2-8-20(24)17-30)35-29(34)26-22-11-3-5-14-25(22)31-27-19(9-6-12-23(26)27)16-21-10-7-15-36-21/h2-5,7-8,10-11,13-16,18H,6,9,12H2,1H3,(H,32,33)/b19-16-. The molecule has 6 nitrogen and oxygen atoms in total. The van der Waals surface area contributed by atoms with Gasteiger partial charge in [0.1, 0.15) is 6.07 Å². The van der Waals surface area contributed by atoms with Crippen LogP contribution in [0.25, 0.3) is 22.6 Å². The van der Waals surface area contributed by atoms with Gasteiger partial charge in [0.25, 0.3) is 5.91 Å². The van der Waals surface area contributed by atoms with Crippen molar-refractivity contribution in [3.05, 3.63) is 93.3 Å². The van der Waals surface area contributed by atoms with Crippen molar-refractivity contribution in [3.8, 4) is 6.07 Å². The van der Waals surface area contributed by atoms with Crippen molar-refractivity contribution in [2.45, 2.75) is 32.3 Å². The Labute approximate surface area is 212 Å². The summed E-state index contributed by atoms with van der Waals surface area (Å²) < 4.78 is 5.68. The molecule has 4 aromatic rings. The van der Waals surface area contributed by atoms with Crippen molar-refractivity contribution < 1.29 is 14.3 Å². The summed E-state index contributed by atoms with van der Waals surface area (Å²) >= 11 is 1.66. The fourth-order valence-electron chi connectivity index (χ4n) is 4.45. The summed E-state index contributed by atoms with van der Waals surface area (Å²) in [4.78, 5) is 32.4. The van der Waals surface area contributed by atoms with Gasteiger partial charge in [-0.2, -0.15) is 5.26 Å². The quantitative estimate of drug-likeness (QED) is 0.333. The molecular weight excluding hydrogens is 470 g/mol. The number of thiophene rings is 1. The summed E-state index contributed by atoms with van der Waals surface area (Å²) in [5.41, 5.74) is 4.66. The van der Waals surface area contributed by atoms with Gasteiger partial charge in [-0.15, -0.1) is 11.3 Å². The third kappa shape index (κ3) is 4.64. The van der Waals surface area contributed by atoms with Gasteiger partial charge in [-0.3, -0.25) is 4.79 Å². The number of carbonyl (C=O) groups is 2. The third-order valence-electron chi connectivity index (χ3n) is 6.19. The number of aromatic nitrogens is 1. The predicted octanol–water partition coefficient (Wildman–Crippen LogP) is 6.23. The van der Waals surface area contributed by atoms with Crippen LogP contribution >= 0.6 is 11.3 Å². The fourth-order valence-corrected chi connectivity index (χ4v) is 5.13. The number of benzene rings is 2. The number of pyridine rings is 1. The highest BCUT2D eigenvalue weighted by Gasteiger charge is 2.28. The van der Waals surface area contributed by atoms with Gasteiger partial charge in [-0.1, -0.05) is 36.4 Å². The summed E-state index contributed by atoms with van der Waals surface area (Å²) in [6.07, 6.45) is 3.56. The molecule has 5 rings (SSSR count). The Hall–Kier alpha value is -4.28. The second-order valence-corrected chi connectivity index (χ2v) is 9.54. The molecule has 2 aromatic carbocycles. The number of para-hydroxylation sites is 2. The van der Waals surface area contributed by atoms with E-state index in [9.17, 15) is 14.9 Å². The van der Waals surface area contributed by atoms with E-state index in [1.54, 1.807) is 35.6 Å². The first-order valence-electron chi connectivity index (χ1n) is 11.7. The Kier molecular flexibility index (Phi) is 6.61. The molecule has 1 aliphatic rings. The Morgan fingerprint density at radius 3 is 2.72 bits per heavy atom. The Morgan fingerprint density at radius 2 is 1.92 bits per heavy atom. The normalized spacial score (nSPS) is 14.6. The predicted molar refractivity (Wildman–Crippen MR) is 142 cm³/mol. The molecule has 0 aliphatic heterocycles. The zero-order chi connectivity index (χ0) is 25.1. The lowest BCUT2D eigenvalue weighted by atomic mass is 9.86. The SMILES string of the molecule is CC(OC(=O)c1c2c(nc3ccccc13)/C(=C\c1cccs1)CCC2)C(=O)Nc1ccccc1C#N. The van der Waals surface area contributed by atoms with E-state index < -0.39 is 18.0 Å². The summed E-state index contributed by atoms with van der Waals surface area (Å²) in [5, 5.41) is 14.7. The van der Waals surface area contributed by atoms with Crippen molar-refractivity contribution in [1.82, 2.24) is 4.98 Å². The number of allylic oxidation sites excluding steroid dienone is 1. The van der Waals surface area contributed by atoms with Crippen molar-refractivity contribution in [1.29, 1.82) is 5.26 Å². The van der Waals surface area contributed by atoms with Crippen LogP contribution in [0.15, 0.2) is 66.0 Å². The number of anilines is 1. The number of hydrogen-bond acceptors (Lipinski definition) is 6. The maximum absolute atomic E-state index is 13.5. The lowest BCUT2D eigenvalue weighted by molar-refractivity contribution is -0.123. The Bertz CT molecular complexity index is 1530. The average molecular weight is 494 g/mol. The molecule has 1 amide bonds. The van der Waals surface area contributed by atoms with Crippen molar-refractivity contribution >= 4 is 51.5 Å². The lowest BCUT2D eigenvalue weighted by Gasteiger charge is -2.23. The first-order valence-corrected chi connectivity index (χ1v) is 12.6. The molecule has 0 fully saturated rings. The van der Waals surface area contributed by atoms with Gasteiger partial charge in [0.05, 0.1) is 28.0 Å². The molecule has 1 unspecified atom stereocenters. The first-order chi connectivity index (χ1) is 17.5. The summed E-state index contributed by atoms with van der Waals surface area (Å²) in [7, 11) is 0. The minimum absolute atomic E-state index is 0.337. The Balaban J connectivity index is 1.48. The number of rotatable bonds is 5. The van der Waals surface area contributed by atoms with E-state index in [1.165, 1.54) is 6.92 Å². The maximum atomic E-state index is 13.5. The second kappa shape index (κ2) is 10.1. The largest absolute Gasteiger partial charge is 0.449 e. The molecule has 2 aromatic heterocycles. The molecule has 0 saturated carbocycles. The zero-order valence-electron chi connectivity index (χ0n) is 19.7. The van der Waals surface area contributed by atoms with Crippen LogP contribution in [-0.4, -0.2) is 23.0 Å². The number of nitrogens with zero attached hydrogens (tertiary/aromatic N) is 2. The summed E-state index contributed by atoms with van der Waals surface area (Å²) in [6, 6.07) is 20.3. The van der Waals surface area contributed by atoms with E-state index in [4.69, 9.17) is 9.72 Å². The molecule has 1 N–H and O–H groups in total. The molecule has 0 radical (unpaired) electrons. The van der Waals surface area contributed by atoms with Gasteiger partial charge in [0, 0.05) is 10.3 Å². The van der Waals surface area contributed by atoms with E-state index in [1.807, 2.05) is 41.8 Å². The van der Waals surface area contributed by atoms with E-state index in [-0.39, 0.29) is 0 Å². The number of nitriles is 1. The van der Waals surface area contributed by atoms with E-state index >= 15 is 0 Å². The zero-order valence-corrected chi connectivity index (χ0v) is 20.5. The smallest absolute Gasteiger partial charge is 0.339 e. The van der Waals surface area contributed by atoms with Crippen LogP contribution in [0.3, 0.4) is 0 Å². The number of esters is 1. The van der Waals surface area contributed by atoms with Crippen molar-refractivity contribution in [2.24, 2.45) is 0 Å². The van der Waals surface area contributed by atoms with E-state index in [0.29, 0.717) is 34.1 Å². The van der Waals surface area contributed by atoms with Crippen LogP contribution in [0.1, 0.15) is 51.8 Å². The highest BCUT2D eigenvalue weighted by atomic mass is 32.1. The minimum atomic E-state index is -1.06. The van der Waals surface area contributed by atoms with Crippen LogP contribution in [-0.2, 0) is 16.0 Å². The van der Waals surface area contributed by atoms with Crippen LogP contribution in [0.4, 0.5) is 5.69 Å². The molecule has 178 valence electrons. The maximum Gasteiger partial charge on any atom is 0.339 e. The topological polar surface area (TPSA) is 92.1 Å². The number of amides is 1. The third-order valence-corrected chi connectivity index (χ3v) is 7.01. The number of nitrogens with one attached hydrogen (secondary N) is 1. The van der Waals surface area contributed by atoms with E-state index in [0.717, 1.165) is 34.5 Å². The van der Waals surface area contributed by atoms with Gasteiger partial charge in [-0.05, 0) is 73.0 Å². The summed E-state index contributed by atoms with van der Waals surface area (Å²) in [5.74, 6) is -1.06. The van der Waals surface area contributed by atoms with Gasteiger partial charge in [-0.25, -0.2) is 9.78 Å². The monoisotopic (exact) mass is 493 g/mol. The molecule has 0 bridgehead atoms. The molecule has 1 atom stereocenters. The van der Waals surface area contributed by atoms with Gasteiger partial charge in [0.2, 0.25) is 0 Å². The van der Waals surface area contributed by atoms with Crippen LogP contribution in [0, 0.1) is 11.3 Å². The lowest BCUT2D eigenvalue weighted by Crippen LogP contribution is -2.31. The fraction of sp³-hybridized carbons (Fsp3) is 0.172. The second-order valence-electron chi connectivity index (χ2n) is 8.56. The van der Waals surface area contributed by atoms with E-state index in [2.05, 4.69) is 17.5 Å². The molecule has 1 aliphatic carbocycles. The number of ether oxygens (including phenoxy) is 1. The number of fused-ring (bicyclic) bond motifs is 2. The van der Waals surface area contributed by atoms with Gasteiger partial charge < -0.3 is 10.1 Å². The highest BCUT2D eigenvalue weighted by Crippen LogP contribution is 2.37. The first kappa shape index (κ1) is 23.5. The summed E-state index contributed by atoms with van der Waals surface area (Å²) in [6.45, 7) is 1.53. The molecule has 7 heteroatoms. The molecule has 0 saturated heterocycles. The van der Waals surface area contributed by atoms with Crippen molar-refractivity contribution in [3.63, 3.8) is 0 Å².